The van der Waals surface area contributed by atoms with Crippen LogP contribution in [0.5, 0.6) is 0 Å². The van der Waals surface area contributed by atoms with Crippen LogP contribution in [-0.2, 0) is 0 Å². The SMILES string of the molecule is CC1=NCC(c2cccc3ccc(C(=O)O)cc23)=CC=C1F. The molecule has 2 aromatic carbocycles. The number of rotatable bonds is 2. The molecule has 0 radical (unpaired) electrons. The topological polar surface area (TPSA) is 49.7 Å². The van der Waals surface area contributed by atoms with Gasteiger partial charge in [0.15, 0.2) is 0 Å². The first-order chi connectivity index (χ1) is 10.6. The van der Waals surface area contributed by atoms with Crippen molar-refractivity contribution >= 4 is 28.0 Å². The van der Waals surface area contributed by atoms with E-state index in [1.807, 2.05) is 18.2 Å². The first kappa shape index (κ1) is 14.2. The number of aliphatic imine (C=N–C) groups is 1. The summed E-state index contributed by atoms with van der Waals surface area (Å²) < 4.78 is 13.6. The number of carboxylic acid groups (broad SMARTS) is 1. The highest BCUT2D eigenvalue weighted by molar-refractivity contribution is 6.02. The minimum atomic E-state index is -0.966. The molecule has 0 amide bonds. The molecule has 22 heavy (non-hydrogen) atoms. The van der Waals surface area contributed by atoms with E-state index in [1.54, 1.807) is 31.2 Å². The molecule has 4 heteroatoms. The maximum atomic E-state index is 13.6. The zero-order valence-corrected chi connectivity index (χ0v) is 12.0. The van der Waals surface area contributed by atoms with Gasteiger partial charge >= 0.3 is 5.97 Å². The Bertz CT molecular complexity index is 863. The summed E-state index contributed by atoms with van der Waals surface area (Å²) in [6, 6.07) is 10.7. The minimum Gasteiger partial charge on any atom is -0.478 e. The van der Waals surface area contributed by atoms with Gasteiger partial charge in [-0.15, -0.1) is 0 Å². The molecule has 0 bridgehead atoms. The lowest BCUT2D eigenvalue weighted by Crippen LogP contribution is -1.97. The third-order valence-corrected chi connectivity index (χ3v) is 3.74. The van der Waals surface area contributed by atoms with Gasteiger partial charge in [0.05, 0.1) is 17.8 Å². The molecule has 0 saturated carbocycles. The molecule has 3 nitrogen and oxygen atoms in total. The Balaban J connectivity index is 2.19. The number of halogens is 1. The molecule has 1 aliphatic heterocycles. The molecule has 1 N–H and O–H groups in total. The summed E-state index contributed by atoms with van der Waals surface area (Å²) in [6.07, 6.45) is 3.11. The lowest BCUT2D eigenvalue weighted by Gasteiger charge is -2.09. The summed E-state index contributed by atoms with van der Waals surface area (Å²) in [7, 11) is 0. The van der Waals surface area contributed by atoms with Gasteiger partial charge < -0.3 is 5.11 Å². The average molecular weight is 295 g/mol. The quantitative estimate of drug-likeness (QED) is 0.900. The van der Waals surface area contributed by atoms with Crippen LogP contribution < -0.4 is 0 Å². The van der Waals surface area contributed by atoms with Gasteiger partial charge in [-0.2, -0.15) is 0 Å². The zero-order chi connectivity index (χ0) is 15.7. The number of nitrogens with zero attached hydrogens (tertiary/aromatic N) is 1. The Kier molecular flexibility index (Phi) is 3.59. The Morgan fingerprint density at radius 3 is 2.82 bits per heavy atom. The summed E-state index contributed by atoms with van der Waals surface area (Å²) in [5.41, 5.74) is 2.34. The second-order valence-electron chi connectivity index (χ2n) is 5.15. The first-order valence-corrected chi connectivity index (χ1v) is 6.90. The molecule has 0 spiro atoms. The van der Waals surface area contributed by atoms with Crippen LogP contribution in [0.15, 0.2) is 59.4 Å². The number of fused-ring (bicyclic) bond motifs is 1. The highest BCUT2D eigenvalue weighted by Gasteiger charge is 2.11. The van der Waals surface area contributed by atoms with Crippen LogP contribution in [0, 0.1) is 0 Å². The summed E-state index contributed by atoms with van der Waals surface area (Å²) in [4.78, 5) is 15.4. The van der Waals surface area contributed by atoms with Crippen LogP contribution in [0.25, 0.3) is 16.3 Å². The Labute approximate surface area is 127 Å². The molecule has 0 atom stereocenters. The van der Waals surface area contributed by atoms with Gasteiger partial charge in [-0.05, 0) is 47.0 Å². The van der Waals surface area contributed by atoms with Gasteiger partial charge in [0.1, 0.15) is 5.83 Å². The molecule has 0 fully saturated rings. The molecule has 0 unspecified atom stereocenters. The molecule has 0 aliphatic carbocycles. The monoisotopic (exact) mass is 295 g/mol. The van der Waals surface area contributed by atoms with Crippen molar-refractivity contribution in [3.05, 3.63) is 65.5 Å². The van der Waals surface area contributed by atoms with E-state index in [0.29, 0.717) is 12.3 Å². The van der Waals surface area contributed by atoms with Crippen molar-refractivity contribution in [3.8, 4) is 0 Å². The molecule has 1 aliphatic rings. The third kappa shape index (κ3) is 2.55. The van der Waals surface area contributed by atoms with Crippen molar-refractivity contribution in [3.63, 3.8) is 0 Å². The fourth-order valence-electron chi connectivity index (χ4n) is 2.49. The average Bonchev–Trinajstić information content (AvgIpc) is 2.69. The summed E-state index contributed by atoms with van der Waals surface area (Å²) in [6.45, 7) is 2.00. The third-order valence-electron chi connectivity index (χ3n) is 3.74. The van der Waals surface area contributed by atoms with Crippen molar-refractivity contribution in [1.29, 1.82) is 0 Å². The zero-order valence-electron chi connectivity index (χ0n) is 12.0. The highest BCUT2D eigenvalue weighted by atomic mass is 19.1. The molecular weight excluding hydrogens is 281 g/mol. The molecule has 2 aromatic rings. The van der Waals surface area contributed by atoms with E-state index in [9.17, 15) is 9.18 Å². The van der Waals surface area contributed by atoms with Crippen LogP contribution in [-0.4, -0.2) is 23.3 Å². The van der Waals surface area contributed by atoms with Gasteiger partial charge in [-0.25, -0.2) is 9.18 Å². The van der Waals surface area contributed by atoms with Crippen LogP contribution in [0.2, 0.25) is 0 Å². The Morgan fingerprint density at radius 1 is 1.23 bits per heavy atom. The fraction of sp³-hybridized carbons (Fsp3) is 0.111. The predicted molar refractivity (Wildman–Crippen MR) is 86.1 cm³/mol. The van der Waals surface area contributed by atoms with Crippen LogP contribution in [0.3, 0.4) is 0 Å². The number of aromatic carboxylic acids is 1. The van der Waals surface area contributed by atoms with Crippen molar-refractivity contribution < 1.29 is 14.3 Å². The van der Waals surface area contributed by atoms with E-state index in [0.717, 1.165) is 21.9 Å². The minimum absolute atomic E-state index is 0.232. The predicted octanol–water partition coefficient (Wildman–Crippen LogP) is 4.25. The van der Waals surface area contributed by atoms with E-state index in [2.05, 4.69) is 4.99 Å². The van der Waals surface area contributed by atoms with E-state index in [-0.39, 0.29) is 11.4 Å². The summed E-state index contributed by atoms with van der Waals surface area (Å²) >= 11 is 0. The van der Waals surface area contributed by atoms with Crippen molar-refractivity contribution in [1.82, 2.24) is 0 Å². The molecule has 1 heterocycles. The highest BCUT2D eigenvalue weighted by Crippen LogP contribution is 2.28. The number of benzene rings is 2. The molecule has 0 saturated heterocycles. The summed E-state index contributed by atoms with van der Waals surface area (Å²) in [5.74, 6) is -1.31. The Morgan fingerprint density at radius 2 is 2.05 bits per heavy atom. The van der Waals surface area contributed by atoms with Gasteiger partial charge in [-0.1, -0.05) is 30.3 Å². The van der Waals surface area contributed by atoms with Crippen molar-refractivity contribution in [2.24, 2.45) is 4.99 Å². The molecule has 3 rings (SSSR count). The van der Waals surface area contributed by atoms with E-state index < -0.39 is 5.97 Å². The molecule has 110 valence electrons. The number of carboxylic acids is 1. The second-order valence-corrected chi connectivity index (χ2v) is 5.15. The number of allylic oxidation sites excluding steroid dienone is 3. The van der Waals surface area contributed by atoms with Gasteiger partial charge in [0.25, 0.3) is 0 Å². The van der Waals surface area contributed by atoms with Gasteiger partial charge in [0.2, 0.25) is 0 Å². The lowest BCUT2D eigenvalue weighted by molar-refractivity contribution is 0.0697. The largest absolute Gasteiger partial charge is 0.478 e. The second kappa shape index (κ2) is 5.56. The lowest BCUT2D eigenvalue weighted by atomic mass is 9.96. The van der Waals surface area contributed by atoms with Crippen LogP contribution >= 0.6 is 0 Å². The maximum absolute atomic E-state index is 13.6. The number of hydrogen-bond donors (Lipinski definition) is 1. The first-order valence-electron chi connectivity index (χ1n) is 6.90. The summed E-state index contributed by atoms with van der Waals surface area (Å²) in [5, 5.41) is 10.9. The van der Waals surface area contributed by atoms with Crippen LogP contribution in [0.1, 0.15) is 22.8 Å². The molecule has 0 aromatic heterocycles. The van der Waals surface area contributed by atoms with Gasteiger partial charge in [0, 0.05) is 0 Å². The van der Waals surface area contributed by atoms with Crippen LogP contribution in [0.4, 0.5) is 4.39 Å². The molecular formula is C18H14FNO2. The number of carbonyl (C=O) groups is 1. The number of hydrogen-bond acceptors (Lipinski definition) is 2. The maximum Gasteiger partial charge on any atom is 0.335 e. The van der Waals surface area contributed by atoms with E-state index in [1.165, 1.54) is 6.08 Å². The Hall–Kier alpha value is -2.75. The smallest absolute Gasteiger partial charge is 0.335 e. The fourth-order valence-corrected chi connectivity index (χ4v) is 2.49. The van der Waals surface area contributed by atoms with E-state index in [4.69, 9.17) is 5.11 Å². The normalized spacial score (nSPS) is 14.9. The van der Waals surface area contributed by atoms with Crippen molar-refractivity contribution in [2.45, 2.75) is 6.92 Å². The van der Waals surface area contributed by atoms with Gasteiger partial charge in [-0.3, -0.25) is 4.99 Å². The van der Waals surface area contributed by atoms with E-state index >= 15 is 0 Å². The van der Waals surface area contributed by atoms with Crippen molar-refractivity contribution in [2.75, 3.05) is 6.54 Å². The standard InChI is InChI=1S/C18H14FNO2/c1-11-17(19)8-7-14(10-20-11)15-4-2-3-12-5-6-13(18(21)22)9-16(12)15/h2-9H,10H2,1H3,(H,21,22).